The highest BCUT2D eigenvalue weighted by Crippen LogP contribution is 2.31. The van der Waals surface area contributed by atoms with E-state index in [0.717, 1.165) is 22.4 Å². The highest BCUT2D eigenvalue weighted by atomic mass is 35.5. The van der Waals surface area contributed by atoms with Crippen molar-refractivity contribution < 1.29 is 5.11 Å². The number of halogens is 1. The molecule has 1 atom stereocenters. The van der Waals surface area contributed by atoms with Gasteiger partial charge in [-0.1, -0.05) is 24.6 Å². The second-order valence-electron chi connectivity index (χ2n) is 4.06. The molecule has 0 aliphatic rings. The average molecular weight is 267 g/mol. The zero-order valence-electron chi connectivity index (χ0n) is 9.90. The Balaban J connectivity index is 2.35. The Morgan fingerprint density at radius 2 is 2.06 bits per heavy atom. The molecule has 0 radical (unpaired) electrons. The van der Waals surface area contributed by atoms with Crippen molar-refractivity contribution >= 4 is 22.9 Å². The molecule has 1 nitrogen and oxygen atoms in total. The highest BCUT2D eigenvalue weighted by molar-refractivity contribution is 7.12. The van der Waals surface area contributed by atoms with E-state index in [1.165, 1.54) is 4.88 Å². The minimum absolute atomic E-state index is 0.570. The van der Waals surface area contributed by atoms with Crippen molar-refractivity contribution in [2.45, 2.75) is 26.4 Å². The van der Waals surface area contributed by atoms with Crippen LogP contribution < -0.4 is 0 Å². The van der Waals surface area contributed by atoms with E-state index < -0.39 is 6.10 Å². The lowest BCUT2D eigenvalue weighted by Gasteiger charge is -2.12. The first kappa shape index (κ1) is 12.6. The van der Waals surface area contributed by atoms with Crippen LogP contribution in [0.3, 0.4) is 0 Å². The first-order valence-corrected chi connectivity index (χ1v) is 6.84. The average Bonchev–Trinajstić information content (AvgIpc) is 2.80. The molecule has 0 saturated heterocycles. The second-order valence-corrected chi connectivity index (χ2v) is 5.70. The maximum absolute atomic E-state index is 10.4. The number of aryl methyl sites for hydroxylation is 2. The summed E-state index contributed by atoms with van der Waals surface area (Å²) in [6, 6.07) is 9.69. The van der Waals surface area contributed by atoms with E-state index in [1.54, 1.807) is 11.3 Å². The number of hydrogen-bond donors (Lipinski definition) is 1. The third-order valence-corrected chi connectivity index (χ3v) is 4.35. The van der Waals surface area contributed by atoms with Crippen molar-refractivity contribution in [3.63, 3.8) is 0 Å². The summed E-state index contributed by atoms with van der Waals surface area (Å²) < 4.78 is 0. The number of aliphatic hydroxyl groups is 1. The number of aliphatic hydroxyl groups excluding tert-OH is 1. The number of benzene rings is 1. The van der Waals surface area contributed by atoms with E-state index in [2.05, 4.69) is 13.0 Å². The summed E-state index contributed by atoms with van der Waals surface area (Å²) in [6.07, 6.45) is 0.435. The molecule has 1 aromatic heterocycles. The minimum atomic E-state index is -0.570. The van der Waals surface area contributed by atoms with E-state index in [0.29, 0.717) is 5.02 Å². The predicted molar refractivity (Wildman–Crippen MR) is 73.9 cm³/mol. The third-order valence-electron chi connectivity index (χ3n) is 2.84. The quantitative estimate of drug-likeness (QED) is 0.875. The van der Waals surface area contributed by atoms with Gasteiger partial charge in [-0.3, -0.25) is 0 Å². The molecular formula is C14H15ClOS. The maximum atomic E-state index is 10.4. The topological polar surface area (TPSA) is 20.2 Å². The fourth-order valence-corrected chi connectivity index (χ4v) is 2.93. The van der Waals surface area contributed by atoms with Crippen LogP contribution in [0.4, 0.5) is 0 Å². The van der Waals surface area contributed by atoms with Gasteiger partial charge in [0, 0.05) is 14.8 Å². The number of hydrogen-bond acceptors (Lipinski definition) is 2. The summed E-state index contributed by atoms with van der Waals surface area (Å²) in [6.45, 7) is 4.11. The largest absolute Gasteiger partial charge is 0.383 e. The van der Waals surface area contributed by atoms with Gasteiger partial charge in [0.05, 0.1) is 0 Å². The summed E-state index contributed by atoms with van der Waals surface area (Å²) in [7, 11) is 0. The van der Waals surface area contributed by atoms with Crippen LogP contribution in [0.25, 0.3) is 0 Å². The van der Waals surface area contributed by atoms with Gasteiger partial charge in [-0.15, -0.1) is 11.3 Å². The number of rotatable bonds is 3. The number of thiophene rings is 1. The summed E-state index contributed by atoms with van der Waals surface area (Å²) in [5, 5.41) is 11.0. The molecule has 1 heterocycles. The Morgan fingerprint density at radius 1 is 1.29 bits per heavy atom. The van der Waals surface area contributed by atoms with Crippen LogP contribution >= 0.6 is 22.9 Å². The van der Waals surface area contributed by atoms with Gasteiger partial charge >= 0.3 is 0 Å². The van der Waals surface area contributed by atoms with Crippen molar-refractivity contribution in [2.75, 3.05) is 0 Å². The molecule has 0 fully saturated rings. The van der Waals surface area contributed by atoms with Crippen LogP contribution in [0.1, 0.15) is 33.9 Å². The molecule has 0 spiro atoms. The van der Waals surface area contributed by atoms with Crippen LogP contribution in [0.5, 0.6) is 0 Å². The molecule has 1 N–H and O–H groups in total. The lowest BCUT2D eigenvalue weighted by Crippen LogP contribution is -1.99. The molecule has 0 aliphatic heterocycles. The Hall–Kier alpha value is -0.830. The SMILES string of the molecule is CCc1ccc(C(O)c2cc(Cl)ccc2C)s1. The van der Waals surface area contributed by atoms with E-state index in [4.69, 9.17) is 11.6 Å². The van der Waals surface area contributed by atoms with Crippen molar-refractivity contribution in [2.24, 2.45) is 0 Å². The predicted octanol–water partition coefficient (Wildman–Crippen LogP) is 4.35. The summed E-state index contributed by atoms with van der Waals surface area (Å²) in [4.78, 5) is 2.27. The molecular weight excluding hydrogens is 252 g/mol. The Bertz CT molecular complexity index is 519. The molecule has 0 saturated carbocycles. The molecule has 3 heteroatoms. The molecule has 90 valence electrons. The fourth-order valence-electron chi connectivity index (χ4n) is 1.79. The Morgan fingerprint density at radius 3 is 2.71 bits per heavy atom. The maximum Gasteiger partial charge on any atom is 0.113 e. The van der Waals surface area contributed by atoms with E-state index in [-0.39, 0.29) is 0 Å². The Kier molecular flexibility index (Phi) is 3.87. The monoisotopic (exact) mass is 266 g/mol. The van der Waals surface area contributed by atoms with Gasteiger partial charge in [-0.2, -0.15) is 0 Å². The second kappa shape index (κ2) is 5.21. The molecule has 0 aliphatic carbocycles. The van der Waals surface area contributed by atoms with Gasteiger partial charge in [0.2, 0.25) is 0 Å². The van der Waals surface area contributed by atoms with Crippen molar-refractivity contribution in [3.05, 3.63) is 56.2 Å². The van der Waals surface area contributed by atoms with Crippen LogP contribution in [0, 0.1) is 6.92 Å². The van der Waals surface area contributed by atoms with Crippen molar-refractivity contribution in [3.8, 4) is 0 Å². The lowest BCUT2D eigenvalue weighted by atomic mass is 10.0. The standard InChI is InChI=1S/C14H15ClOS/c1-3-11-6-7-13(17-11)14(16)12-8-10(15)5-4-9(12)2/h4-8,14,16H,3H2,1-2H3. The van der Waals surface area contributed by atoms with Gasteiger partial charge < -0.3 is 5.11 Å². The van der Waals surface area contributed by atoms with E-state index in [9.17, 15) is 5.11 Å². The molecule has 1 aromatic carbocycles. The Labute approximate surface area is 111 Å². The summed E-state index contributed by atoms with van der Waals surface area (Å²) >= 11 is 7.63. The fraction of sp³-hybridized carbons (Fsp3) is 0.286. The van der Waals surface area contributed by atoms with Gasteiger partial charge in [0.15, 0.2) is 0 Å². The van der Waals surface area contributed by atoms with Crippen LogP contribution in [0.2, 0.25) is 5.02 Å². The van der Waals surface area contributed by atoms with Gasteiger partial charge in [-0.05, 0) is 48.7 Å². The van der Waals surface area contributed by atoms with Crippen LogP contribution in [-0.2, 0) is 6.42 Å². The molecule has 2 rings (SSSR count). The normalized spacial score (nSPS) is 12.7. The third kappa shape index (κ3) is 2.71. The minimum Gasteiger partial charge on any atom is -0.383 e. The first-order valence-electron chi connectivity index (χ1n) is 5.64. The molecule has 17 heavy (non-hydrogen) atoms. The lowest BCUT2D eigenvalue weighted by molar-refractivity contribution is 0.223. The zero-order valence-corrected chi connectivity index (χ0v) is 11.5. The van der Waals surface area contributed by atoms with Crippen molar-refractivity contribution in [1.29, 1.82) is 0 Å². The molecule has 0 bridgehead atoms. The molecule has 2 aromatic rings. The smallest absolute Gasteiger partial charge is 0.113 e. The van der Waals surface area contributed by atoms with E-state index >= 15 is 0 Å². The van der Waals surface area contributed by atoms with E-state index in [1.807, 2.05) is 31.2 Å². The summed E-state index contributed by atoms with van der Waals surface area (Å²) in [5.74, 6) is 0. The zero-order chi connectivity index (χ0) is 12.4. The highest BCUT2D eigenvalue weighted by Gasteiger charge is 2.15. The summed E-state index contributed by atoms with van der Waals surface area (Å²) in [5.41, 5.74) is 1.95. The van der Waals surface area contributed by atoms with Gasteiger partial charge in [0.1, 0.15) is 6.10 Å². The van der Waals surface area contributed by atoms with Crippen molar-refractivity contribution in [1.82, 2.24) is 0 Å². The van der Waals surface area contributed by atoms with Gasteiger partial charge in [0.25, 0.3) is 0 Å². The molecule has 0 amide bonds. The first-order chi connectivity index (χ1) is 8.11. The van der Waals surface area contributed by atoms with Crippen LogP contribution in [-0.4, -0.2) is 5.11 Å². The van der Waals surface area contributed by atoms with Gasteiger partial charge in [-0.25, -0.2) is 0 Å². The molecule has 1 unspecified atom stereocenters. The van der Waals surface area contributed by atoms with Crippen LogP contribution in [0.15, 0.2) is 30.3 Å².